The quantitative estimate of drug-likeness (QED) is 0.217. The maximum atomic E-state index is 2.43. The average molecular weight is 526 g/mol. The first-order valence-electron chi connectivity index (χ1n) is 13.7. The summed E-state index contributed by atoms with van der Waals surface area (Å²) in [7, 11) is 0. The number of aromatic nitrogens is 1. The maximum Gasteiger partial charge on any atom is 0.0547 e. The van der Waals surface area contributed by atoms with Crippen molar-refractivity contribution in [2.24, 2.45) is 0 Å². The fraction of sp³-hybridized carbons (Fsp3) is 0. The van der Waals surface area contributed by atoms with Gasteiger partial charge in [-0.1, -0.05) is 109 Å². The molecule has 0 saturated heterocycles. The Labute approximate surface area is 236 Å². The van der Waals surface area contributed by atoms with Crippen LogP contribution in [0.5, 0.6) is 0 Å². The molecule has 0 bridgehead atoms. The van der Waals surface area contributed by atoms with Gasteiger partial charge in [-0.05, 0) is 80.9 Å². The topological polar surface area (TPSA) is 4.93 Å². The van der Waals surface area contributed by atoms with Crippen molar-refractivity contribution in [3.8, 4) is 27.9 Å². The molecule has 1 aromatic heterocycles. The zero-order valence-electron chi connectivity index (χ0n) is 21.6. The average Bonchev–Trinajstić information content (AvgIpc) is 3.34. The monoisotopic (exact) mass is 525 g/mol. The van der Waals surface area contributed by atoms with Crippen LogP contribution in [0.3, 0.4) is 0 Å². The minimum absolute atomic E-state index is 1.18. The molecule has 0 N–H and O–H groups in total. The molecule has 40 heavy (non-hydrogen) atoms. The number of hydrogen-bond donors (Lipinski definition) is 0. The van der Waals surface area contributed by atoms with Gasteiger partial charge in [-0.2, -0.15) is 0 Å². The van der Waals surface area contributed by atoms with Gasteiger partial charge in [0.1, 0.15) is 0 Å². The standard InChI is InChI=1S/C38H23NS/c1-2-12-26(13-3-1)39-33-18-9-17-29(37(33)32-22-24-10-4-5-11-25(24)23-34(32)39)27-20-21-36-38-30(27)15-8-16-31(38)28-14-6-7-19-35(28)40-36/h1-23H. The van der Waals surface area contributed by atoms with Crippen LogP contribution in [0.15, 0.2) is 149 Å². The maximum absolute atomic E-state index is 2.43. The summed E-state index contributed by atoms with van der Waals surface area (Å²) in [6, 6.07) is 51.2. The van der Waals surface area contributed by atoms with Gasteiger partial charge in [-0.25, -0.2) is 0 Å². The van der Waals surface area contributed by atoms with Crippen LogP contribution in [0.4, 0.5) is 0 Å². The van der Waals surface area contributed by atoms with Crippen molar-refractivity contribution in [1.29, 1.82) is 0 Å². The summed E-state index contributed by atoms with van der Waals surface area (Å²) in [5.41, 5.74) is 8.86. The minimum atomic E-state index is 1.18. The third kappa shape index (κ3) is 3.05. The number of para-hydroxylation sites is 1. The lowest BCUT2D eigenvalue weighted by atomic mass is 9.90. The predicted molar refractivity (Wildman–Crippen MR) is 171 cm³/mol. The molecule has 0 radical (unpaired) electrons. The van der Waals surface area contributed by atoms with Crippen LogP contribution < -0.4 is 0 Å². The smallest absolute Gasteiger partial charge is 0.0547 e. The molecule has 2 heterocycles. The summed E-state index contributed by atoms with van der Waals surface area (Å²) in [5, 5.41) is 7.78. The van der Waals surface area contributed by atoms with Gasteiger partial charge in [0.25, 0.3) is 0 Å². The number of fused-ring (bicyclic) bond motifs is 6. The van der Waals surface area contributed by atoms with Gasteiger partial charge in [0.15, 0.2) is 0 Å². The summed E-state index contributed by atoms with van der Waals surface area (Å²) in [4.78, 5) is 2.66. The van der Waals surface area contributed by atoms with Gasteiger partial charge in [-0.15, -0.1) is 0 Å². The summed E-state index contributed by atoms with van der Waals surface area (Å²) in [5.74, 6) is 0. The van der Waals surface area contributed by atoms with E-state index in [1.54, 1.807) is 0 Å². The summed E-state index contributed by atoms with van der Waals surface area (Å²) >= 11 is 1.88. The molecule has 8 aromatic rings. The van der Waals surface area contributed by atoms with Crippen LogP contribution in [0.2, 0.25) is 0 Å². The normalized spacial score (nSPS) is 12.4. The fourth-order valence-electron chi connectivity index (χ4n) is 6.65. The summed E-state index contributed by atoms with van der Waals surface area (Å²) in [6.45, 7) is 0. The highest BCUT2D eigenvalue weighted by Crippen LogP contribution is 2.50. The highest BCUT2D eigenvalue weighted by Gasteiger charge is 2.22. The number of benzene rings is 7. The number of rotatable bonds is 2. The van der Waals surface area contributed by atoms with E-state index in [2.05, 4.69) is 144 Å². The Hall–Kier alpha value is -4.79. The lowest BCUT2D eigenvalue weighted by Gasteiger charge is -2.22. The van der Waals surface area contributed by atoms with Crippen LogP contribution >= 0.6 is 11.8 Å². The zero-order chi connectivity index (χ0) is 26.2. The van der Waals surface area contributed by atoms with E-state index in [-0.39, 0.29) is 0 Å². The van der Waals surface area contributed by atoms with E-state index in [9.17, 15) is 0 Å². The highest BCUT2D eigenvalue weighted by atomic mass is 32.2. The SMILES string of the molecule is c1ccc(-n2c3cc4ccccc4cc3c3c(-c4ccc5c6c(cccc46)-c4ccccc4S5)cccc32)cc1. The van der Waals surface area contributed by atoms with Crippen LogP contribution in [0.1, 0.15) is 0 Å². The van der Waals surface area contributed by atoms with Gasteiger partial charge in [-0.3, -0.25) is 0 Å². The molecule has 1 aliphatic heterocycles. The Balaban J connectivity index is 1.42. The fourth-order valence-corrected chi connectivity index (χ4v) is 7.78. The molecule has 2 heteroatoms. The summed E-state index contributed by atoms with van der Waals surface area (Å²) in [6.07, 6.45) is 0. The zero-order valence-corrected chi connectivity index (χ0v) is 22.5. The molecule has 1 aliphatic rings. The van der Waals surface area contributed by atoms with E-state index in [4.69, 9.17) is 0 Å². The van der Waals surface area contributed by atoms with Crippen molar-refractivity contribution in [2.75, 3.05) is 0 Å². The van der Waals surface area contributed by atoms with Crippen molar-refractivity contribution < 1.29 is 0 Å². The van der Waals surface area contributed by atoms with Crippen LogP contribution in [0.25, 0.3) is 71.3 Å². The summed E-state index contributed by atoms with van der Waals surface area (Å²) < 4.78 is 2.43. The second-order valence-corrected chi connectivity index (χ2v) is 11.6. The van der Waals surface area contributed by atoms with Crippen molar-refractivity contribution >= 4 is 55.1 Å². The van der Waals surface area contributed by atoms with Gasteiger partial charge < -0.3 is 4.57 Å². The molecule has 0 unspecified atom stereocenters. The Kier molecular flexibility index (Phi) is 4.61. The van der Waals surface area contributed by atoms with E-state index in [0.717, 1.165) is 0 Å². The molecule has 0 fully saturated rings. The first kappa shape index (κ1) is 22.1. The van der Waals surface area contributed by atoms with Crippen molar-refractivity contribution in [3.05, 3.63) is 140 Å². The van der Waals surface area contributed by atoms with Crippen molar-refractivity contribution in [3.63, 3.8) is 0 Å². The lowest BCUT2D eigenvalue weighted by Crippen LogP contribution is -1.94. The Bertz CT molecular complexity index is 2290. The predicted octanol–water partition coefficient (Wildman–Crippen LogP) is 10.9. The molecule has 186 valence electrons. The first-order valence-corrected chi connectivity index (χ1v) is 14.5. The van der Waals surface area contributed by atoms with Crippen molar-refractivity contribution in [1.82, 2.24) is 4.57 Å². The second kappa shape index (κ2) is 8.35. The lowest BCUT2D eigenvalue weighted by molar-refractivity contribution is 1.18. The van der Waals surface area contributed by atoms with Crippen LogP contribution in [0, 0.1) is 0 Å². The van der Waals surface area contributed by atoms with E-state index in [0.29, 0.717) is 0 Å². The van der Waals surface area contributed by atoms with Gasteiger partial charge >= 0.3 is 0 Å². The van der Waals surface area contributed by atoms with Crippen LogP contribution in [-0.2, 0) is 0 Å². The van der Waals surface area contributed by atoms with E-state index >= 15 is 0 Å². The van der Waals surface area contributed by atoms with Gasteiger partial charge in [0.2, 0.25) is 0 Å². The van der Waals surface area contributed by atoms with E-state index in [1.807, 2.05) is 11.8 Å². The van der Waals surface area contributed by atoms with Crippen molar-refractivity contribution in [2.45, 2.75) is 9.79 Å². The molecule has 7 aromatic carbocycles. The Morgan fingerprint density at radius 3 is 1.98 bits per heavy atom. The molecular weight excluding hydrogens is 502 g/mol. The van der Waals surface area contributed by atoms with E-state index in [1.165, 1.54) is 81.1 Å². The number of nitrogens with zero attached hydrogens (tertiary/aromatic N) is 1. The molecular formula is C38H23NS. The minimum Gasteiger partial charge on any atom is -0.309 e. The highest BCUT2D eigenvalue weighted by molar-refractivity contribution is 7.99. The third-order valence-corrected chi connectivity index (χ3v) is 9.50. The molecule has 0 spiro atoms. The van der Waals surface area contributed by atoms with Gasteiger partial charge in [0.05, 0.1) is 11.0 Å². The Morgan fingerprint density at radius 2 is 1.10 bits per heavy atom. The third-order valence-electron chi connectivity index (χ3n) is 8.36. The second-order valence-electron chi connectivity index (χ2n) is 10.5. The van der Waals surface area contributed by atoms with E-state index < -0.39 is 0 Å². The molecule has 0 atom stereocenters. The number of hydrogen-bond acceptors (Lipinski definition) is 1. The molecule has 0 aliphatic carbocycles. The largest absolute Gasteiger partial charge is 0.309 e. The molecule has 0 saturated carbocycles. The molecule has 9 rings (SSSR count). The van der Waals surface area contributed by atoms with Gasteiger partial charge in [0, 0.05) is 31.6 Å². The first-order chi connectivity index (χ1) is 19.8. The Morgan fingerprint density at radius 1 is 0.400 bits per heavy atom. The molecule has 1 nitrogen and oxygen atoms in total. The van der Waals surface area contributed by atoms with Crippen LogP contribution in [-0.4, -0.2) is 4.57 Å². The molecule has 0 amide bonds.